The molecule has 0 aliphatic carbocycles. The van der Waals surface area contributed by atoms with E-state index in [2.05, 4.69) is 52.3 Å². The molecule has 2 aromatic rings. The fourth-order valence-electron chi connectivity index (χ4n) is 1.25. The van der Waals surface area contributed by atoms with Crippen LogP contribution < -0.4 is 0 Å². The Morgan fingerprint density at radius 3 is 3.00 bits per heavy atom. The van der Waals surface area contributed by atoms with Gasteiger partial charge in [0.2, 0.25) is 0 Å². The first-order valence-electron chi connectivity index (χ1n) is 3.66. The van der Waals surface area contributed by atoms with E-state index >= 15 is 0 Å². The third-order valence-corrected chi connectivity index (χ3v) is 4.88. The van der Waals surface area contributed by atoms with Crippen molar-refractivity contribution in [1.82, 2.24) is 0 Å². The Balaban J connectivity index is 2.88. The summed E-state index contributed by atoms with van der Waals surface area (Å²) < 4.78 is 2.46. The fraction of sp³-hybridized carbons (Fsp3) is 0.111. The third-order valence-electron chi connectivity index (χ3n) is 1.83. The monoisotopic (exact) mass is 290 g/mol. The highest BCUT2D eigenvalue weighted by Gasteiger charge is 2.08. The van der Waals surface area contributed by atoms with Crippen molar-refractivity contribution in [2.75, 3.05) is 6.26 Å². The van der Waals surface area contributed by atoms with Gasteiger partial charge in [-0.15, -0.1) is 35.7 Å². The van der Waals surface area contributed by atoms with Crippen LogP contribution in [0.25, 0.3) is 10.1 Å². The molecule has 1 aromatic heterocycles. The predicted molar refractivity (Wildman–Crippen MR) is 68.6 cm³/mol. The molecule has 0 unspecified atom stereocenters. The number of thiophene rings is 1. The summed E-state index contributed by atoms with van der Waals surface area (Å²) in [6, 6.07) is 4.20. The van der Waals surface area contributed by atoms with E-state index in [0.29, 0.717) is 0 Å². The van der Waals surface area contributed by atoms with Gasteiger partial charge in [0.05, 0.1) is 4.70 Å². The predicted octanol–water partition coefficient (Wildman–Crippen LogP) is 4.67. The molecule has 0 saturated carbocycles. The number of thioether (sulfide) groups is 1. The highest BCUT2D eigenvalue weighted by molar-refractivity contribution is 9.10. The molecule has 0 saturated heterocycles. The van der Waals surface area contributed by atoms with E-state index in [9.17, 15) is 0 Å². The van der Waals surface area contributed by atoms with Crippen molar-refractivity contribution in [3.63, 3.8) is 0 Å². The summed E-state index contributed by atoms with van der Waals surface area (Å²) in [5.41, 5.74) is 0. The fourth-order valence-corrected chi connectivity index (χ4v) is 4.53. The number of thiol groups is 1. The minimum atomic E-state index is 1.05. The zero-order valence-corrected chi connectivity index (χ0v) is 11.0. The molecule has 68 valence electrons. The molecule has 0 amide bonds. The minimum absolute atomic E-state index is 1.05. The summed E-state index contributed by atoms with van der Waals surface area (Å²) in [6.07, 6.45) is 2.09. The van der Waals surface area contributed by atoms with Gasteiger partial charge in [-0.2, -0.15) is 0 Å². The van der Waals surface area contributed by atoms with Gasteiger partial charge in [-0.25, -0.2) is 0 Å². The van der Waals surface area contributed by atoms with Crippen molar-refractivity contribution < 1.29 is 0 Å². The summed E-state index contributed by atoms with van der Waals surface area (Å²) >= 11 is 11.5. The van der Waals surface area contributed by atoms with Crippen molar-refractivity contribution in [3.8, 4) is 0 Å². The number of rotatable bonds is 1. The van der Waals surface area contributed by atoms with Gasteiger partial charge in [0.15, 0.2) is 0 Å². The average Bonchev–Trinajstić information content (AvgIpc) is 2.53. The van der Waals surface area contributed by atoms with Gasteiger partial charge in [-0.3, -0.25) is 0 Å². The van der Waals surface area contributed by atoms with Gasteiger partial charge in [-0.1, -0.05) is 15.9 Å². The highest BCUT2D eigenvalue weighted by atomic mass is 79.9. The molecule has 4 heteroatoms. The van der Waals surface area contributed by atoms with Gasteiger partial charge in [-0.05, 0) is 23.8 Å². The lowest BCUT2D eigenvalue weighted by atomic mass is 10.3. The Bertz CT molecular complexity index is 447. The molecule has 1 aromatic carbocycles. The Kier molecular flexibility index (Phi) is 2.93. The SMILES string of the molecule is CSc1c(S)cc(Br)c2ccsc12. The van der Waals surface area contributed by atoms with Crippen molar-refractivity contribution in [3.05, 3.63) is 22.0 Å². The van der Waals surface area contributed by atoms with Crippen LogP contribution in [0.4, 0.5) is 0 Å². The second-order valence-corrected chi connectivity index (χ2v) is 5.64. The van der Waals surface area contributed by atoms with E-state index in [1.807, 2.05) is 0 Å². The average molecular weight is 291 g/mol. The van der Waals surface area contributed by atoms with Crippen LogP contribution in [-0.4, -0.2) is 6.26 Å². The van der Waals surface area contributed by atoms with Gasteiger partial charge >= 0.3 is 0 Å². The summed E-state index contributed by atoms with van der Waals surface area (Å²) in [5.74, 6) is 0. The Labute approximate surface area is 99.3 Å². The van der Waals surface area contributed by atoms with Crippen molar-refractivity contribution in [2.45, 2.75) is 9.79 Å². The van der Waals surface area contributed by atoms with Crippen LogP contribution in [-0.2, 0) is 0 Å². The molecule has 0 spiro atoms. The number of hydrogen-bond donors (Lipinski definition) is 1. The number of halogens is 1. The van der Waals surface area contributed by atoms with Crippen LogP contribution in [0.1, 0.15) is 0 Å². The molecule has 2 rings (SSSR count). The van der Waals surface area contributed by atoms with Crippen LogP contribution in [0.15, 0.2) is 31.8 Å². The maximum atomic E-state index is 4.45. The van der Waals surface area contributed by atoms with Crippen LogP contribution >= 0.6 is 51.7 Å². The normalized spacial score (nSPS) is 11.0. The Hall–Kier alpha value is 0.360. The van der Waals surface area contributed by atoms with Gasteiger partial charge in [0, 0.05) is 19.6 Å². The summed E-state index contributed by atoms with van der Waals surface area (Å²) in [6.45, 7) is 0. The third kappa shape index (κ3) is 1.65. The maximum Gasteiger partial charge on any atom is 0.0501 e. The van der Waals surface area contributed by atoms with Crippen molar-refractivity contribution in [2.24, 2.45) is 0 Å². The van der Waals surface area contributed by atoms with Crippen LogP contribution in [0.5, 0.6) is 0 Å². The van der Waals surface area contributed by atoms with Crippen LogP contribution in [0.2, 0.25) is 0 Å². The zero-order chi connectivity index (χ0) is 9.42. The van der Waals surface area contributed by atoms with E-state index in [1.165, 1.54) is 15.0 Å². The lowest BCUT2D eigenvalue weighted by Crippen LogP contribution is -1.76. The lowest BCUT2D eigenvalue weighted by Gasteiger charge is -2.04. The molecule has 0 radical (unpaired) electrons. The van der Waals surface area contributed by atoms with Gasteiger partial charge in [0.25, 0.3) is 0 Å². The first-order valence-corrected chi connectivity index (χ1v) is 7.01. The Morgan fingerprint density at radius 1 is 1.54 bits per heavy atom. The molecular weight excluding hydrogens is 284 g/mol. The largest absolute Gasteiger partial charge is 0.143 e. The topological polar surface area (TPSA) is 0 Å². The van der Waals surface area contributed by atoms with E-state index in [1.54, 1.807) is 23.1 Å². The first kappa shape index (κ1) is 9.90. The van der Waals surface area contributed by atoms with E-state index < -0.39 is 0 Å². The van der Waals surface area contributed by atoms with Gasteiger partial charge in [0.1, 0.15) is 0 Å². The molecule has 1 heterocycles. The number of fused-ring (bicyclic) bond motifs is 1. The molecule has 0 aliphatic rings. The molecule has 0 bridgehead atoms. The molecule has 0 fully saturated rings. The van der Waals surface area contributed by atoms with Crippen molar-refractivity contribution in [1.29, 1.82) is 0 Å². The first-order chi connectivity index (χ1) is 6.24. The highest BCUT2D eigenvalue weighted by Crippen LogP contribution is 2.39. The smallest absolute Gasteiger partial charge is 0.0501 e. The minimum Gasteiger partial charge on any atom is -0.143 e. The van der Waals surface area contributed by atoms with Crippen LogP contribution in [0, 0.1) is 0 Å². The quantitative estimate of drug-likeness (QED) is 0.588. The number of benzene rings is 1. The molecule has 0 atom stereocenters. The second-order valence-electron chi connectivity index (χ2n) is 2.57. The molecule has 0 nitrogen and oxygen atoms in total. The summed E-state index contributed by atoms with van der Waals surface area (Å²) in [4.78, 5) is 2.32. The van der Waals surface area contributed by atoms with E-state index in [4.69, 9.17) is 0 Å². The number of hydrogen-bond acceptors (Lipinski definition) is 3. The zero-order valence-electron chi connectivity index (χ0n) is 6.87. The Morgan fingerprint density at radius 2 is 2.31 bits per heavy atom. The van der Waals surface area contributed by atoms with Crippen LogP contribution in [0.3, 0.4) is 0 Å². The summed E-state index contributed by atoms with van der Waals surface area (Å²) in [5, 5.41) is 3.40. The lowest BCUT2D eigenvalue weighted by molar-refractivity contribution is 1.32. The van der Waals surface area contributed by atoms with Crippen molar-refractivity contribution >= 4 is 61.7 Å². The molecular formula is C9H7BrS3. The maximum absolute atomic E-state index is 4.45. The van der Waals surface area contributed by atoms with Gasteiger partial charge < -0.3 is 0 Å². The summed E-state index contributed by atoms with van der Waals surface area (Å²) in [7, 11) is 0. The standard InChI is InChI=1S/C9H7BrS3/c1-12-9-7(11)4-6(10)5-2-3-13-8(5)9/h2-4,11H,1H3. The molecule has 0 aliphatic heterocycles. The molecule has 13 heavy (non-hydrogen) atoms. The van der Waals surface area contributed by atoms with E-state index in [0.717, 1.165) is 9.37 Å². The second kappa shape index (κ2) is 3.85. The molecule has 0 N–H and O–H groups in total. The van der Waals surface area contributed by atoms with E-state index in [-0.39, 0.29) is 0 Å².